The smallest absolute Gasteiger partial charge is 0.338 e. The lowest BCUT2D eigenvalue weighted by Gasteiger charge is -2.48. The molecule has 0 aliphatic carbocycles. The molecule has 0 saturated carbocycles. The Morgan fingerprint density at radius 3 is 2.45 bits per heavy atom. The molecular weight excluding hydrogens is 400 g/mol. The maximum Gasteiger partial charge on any atom is 0.338 e. The lowest BCUT2D eigenvalue weighted by atomic mass is 9.97. The van der Waals surface area contributed by atoms with E-state index in [1.165, 1.54) is 7.11 Å². The van der Waals surface area contributed by atoms with Gasteiger partial charge in [0.15, 0.2) is 18.7 Å². The van der Waals surface area contributed by atoms with Gasteiger partial charge in [-0.15, -0.1) is 6.58 Å². The van der Waals surface area contributed by atoms with Crippen LogP contribution in [0.2, 0.25) is 0 Å². The standard InChI is InChI=1S/C24H26O7/c1-3-14-27-20-19-18(15-28-23(31-19)17-12-8-5-9-13-17)29-24(26-2)21(20)30-22(25)16-10-6-4-7-11-16/h3-13,18-21,23-24H,1,14-15H2,2H3/t18-,19-,20+,21-,23-,24+/m1/s1. The van der Waals surface area contributed by atoms with Gasteiger partial charge in [0, 0.05) is 12.7 Å². The molecule has 0 N–H and O–H groups in total. The van der Waals surface area contributed by atoms with Crippen LogP contribution in [0.1, 0.15) is 22.2 Å². The number of carbonyl (C=O) groups excluding carboxylic acids is 1. The van der Waals surface area contributed by atoms with Crippen molar-refractivity contribution in [3.05, 3.63) is 84.4 Å². The summed E-state index contributed by atoms with van der Waals surface area (Å²) >= 11 is 0. The predicted molar refractivity (Wildman–Crippen MR) is 111 cm³/mol. The molecule has 2 heterocycles. The van der Waals surface area contributed by atoms with E-state index in [2.05, 4.69) is 6.58 Å². The Kier molecular flexibility index (Phi) is 7.11. The van der Waals surface area contributed by atoms with E-state index >= 15 is 0 Å². The summed E-state index contributed by atoms with van der Waals surface area (Å²) in [6.07, 6.45) is -2.21. The first-order valence-electron chi connectivity index (χ1n) is 10.2. The summed E-state index contributed by atoms with van der Waals surface area (Å²) in [7, 11) is 1.50. The van der Waals surface area contributed by atoms with E-state index in [0.29, 0.717) is 5.56 Å². The average molecular weight is 426 g/mol. The van der Waals surface area contributed by atoms with Crippen LogP contribution in [-0.2, 0) is 28.4 Å². The monoisotopic (exact) mass is 426 g/mol. The minimum atomic E-state index is -0.839. The van der Waals surface area contributed by atoms with Crippen LogP contribution in [0, 0.1) is 0 Å². The fraction of sp³-hybridized carbons (Fsp3) is 0.375. The van der Waals surface area contributed by atoms with E-state index in [4.69, 9.17) is 28.4 Å². The Hall–Kier alpha value is -2.55. The van der Waals surface area contributed by atoms with Crippen molar-refractivity contribution in [2.24, 2.45) is 0 Å². The van der Waals surface area contributed by atoms with Gasteiger partial charge in [0.05, 0.1) is 18.8 Å². The highest BCUT2D eigenvalue weighted by Gasteiger charge is 2.52. The quantitative estimate of drug-likeness (QED) is 0.497. The number of benzene rings is 2. The van der Waals surface area contributed by atoms with Crippen LogP contribution in [0.25, 0.3) is 0 Å². The van der Waals surface area contributed by atoms with Crippen LogP contribution in [0.4, 0.5) is 0 Å². The number of carbonyl (C=O) groups is 1. The Morgan fingerprint density at radius 2 is 1.77 bits per heavy atom. The van der Waals surface area contributed by atoms with Gasteiger partial charge in [-0.1, -0.05) is 54.6 Å². The van der Waals surface area contributed by atoms with Crippen molar-refractivity contribution in [3.63, 3.8) is 0 Å². The number of ether oxygens (including phenoxy) is 6. The number of fused-ring (bicyclic) bond motifs is 1. The molecule has 0 aromatic heterocycles. The molecular formula is C24H26O7. The van der Waals surface area contributed by atoms with Crippen molar-refractivity contribution < 1.29 is 33.2 Å². The zero-order chi connectivity index (χ0) is 21.6. The van der Waals surface area contributed by atoms with Crippen molar-refractivity contribution in [1.29, 1.82) is 0 Å². The molecule has 7 heteroatoms. The van der Waals surface area contributed by atoms with Crippen LogP contribution >= 0.6 is 0 Å². The van der Waals surface area contributed by atoms with Gasteiger partial charge >= 0.3 is 5.97 Å². The zero-order valence-electron chi connectivity index (χ0n) is 17.3. The molecule has 0 amide bonds. The maximum absolute atomic E-state index is 12.8. The van der Waals surface area contributed by atoms with Crippen LogP contribution in [0.3, 0.4) is 0 Å². The molecule has 0 bridgehead atoms. The van der Waals surface area contributed by atoms with Gasteiger partial charge in [0.25, 0.3) is 0 Å². The Morgan fingerprint density at radius 1 is 1.06 bits per heavy atom. The molecule has 0 spiro atoms. The number of hydrogen-bond donors (Lipinski definition) is 0. The summed E-state index contributed by atoms with van der Waals surface area (Å²) in [5.41, 5.74) is 1.31. The Bertz CT molecular complexity index is 857. The van der Waals surface area contributed by atoms with Gasteiger partial charge in [-0.2, -0.15) is 0 Å². The third-order valence-electron chi connectivity index (χ3n) is 5.25. The fourth-order valence-corrected chi connectivity index (χ4v) is 3.78. The molecule has 31 heavy (non-hydrogen) atoms. The maximum atomic E-state index is 12.8. The van der Waals surface area contributed by atoms with E-state index in [9.17, 15) is 4.79 Å². The molecule has 2 aliphatic rings. The van der Waals surface area contributed by atoms with E-state index < -0.39 is 43.0 Å². The molecule has 2 fully saturated rings. The Balaban J connectivity index is 1.58. The molecule has 0 radical (unpaired) electrons. The number of methoxy groups -OCH3 is 1. The zero-order valence-corrected chi connectivity index (χ0v) is 17.3. The second-order valence-electron chi connectivity index (χ2n) is 7.28. The molecule has 2 aromatic rings. The van der Waals surface area contributed by atoms with Gasteiger partial charge in [-0.3, -0.25) is 0 Å². The third-order valence-corrected chi connectivity index (χ3v) is 5.25. The molecule has 164 valence electrons. The van der Waals surface area contributed by atoms with Crippen molar-refractivity contribution in [1.82, 2.24) is 0 Å². The molecule has 6 atom stereocenters. The fourth-order valence-electron chi connectivity index (χ4n) is 3.78. The first-order chi connectivity index (χ1) is 15.2. The number of esters is 1. The number of hydrogen-bond acceptors (Lipinski definition) is 7. The second-order valence-corrected chi connectivity index (χ2v) is 7.28. The third kappa shape index (κ3) is 4.87. The SMILES string of the molecule is C=CCO[C@@H]1[C@@H](OC(=O)c2ccccc2)[C@@H](OC)O[C@@H]2CO[C@@H](c3ccccc3)O[C@@H]12. The summed E-state index contributed by atoms with van der Waals surface area (Å²) in [5.74, 6) is -0.492. The van der Waals surface area contributed by atoms with E-state index in [1.54, 1.807) is 30.3 Å². The highest BCUT2D eigenvalue weighted by atomic mass is 16.8. The highest BCUT2D eigenvalue weighted by Crippen LogP contribution is 2.36. The van der Waals surface area contributed by atoms with Crippen molar-refractivity contribution in [2.45, 2.75) is 37.0 Å². The van der Waals surface area contributed by atoms with Crippen LogP contribution in [0.5, 0.6) is 0 Å². The Labute approximate surface area is 181 Å². The summed E-state index contributed by atoms with van der Waals surface area (Å²) in [5, 5.41) is 0. The van der Waals surface area contributed by atoms with Crippen LogP contribution in [-0.4, -0.2) is 57.0 Å². The van der Waals surface area contributed by atoms with E-state index in [0.717, 1.165) is 5.56 Å². The van der Waals surface area contributed by atoms with Crippen LogP contribution in [0.15, 0.2) is 73.3 Å². The minimum absolute atomic E-state index is 0.254. The summed E-state index contributed by atoms with van der Waals surface area (Å²) in [6, 6.07) is 18.4. The van der Waals surface area contributed by atoms with E-state index in [1.807, 2.05) is 36.4 Å². The first-order valence-corrected chi connectivity index (χ1v) is 10.2. The summed E-state index contributed by atoms with van der Waals surface area (Å²) < 4.78 is 35.5. The second kappa shape index (κ2) is 10.2. The molecule has 2 aromatic carbocycles. The lowest BCUT2D eigenvalue weighted by molar-refractivity contribution is -0.361. The van der Waals surface area contributed by atoms with Gasteiger partial charge < -0.3 is 28.4 Å². The van der Waals surface area contributed by atoms with Crippen molar-refractivity contribution in [3.8, 4) is 0 Å². The normalized spacial score (nSPS) is 30.2. The molecule has 4 rings (SSSR count). The average Bonchev–Trinajstić information content (AvgIpc) is 2.83. The van der Waals surface area contributed by atoms with Gasteiger partial charge in [0.2, 0.25) is 0 Å². The lowest BCUT2D eigenvalue weighted by Crippen LogP contribution is -2.63. The van der Waals surface area contributed by atoms with Crippen molar-refractivity contribution >= 4 is 5.97 Å². The summed E-state index contributed by atoms with van der Waals surface area (Å²) in [6.45, 7) is 4.27. The van der Waals surface area contributed by atoms with Crippen molar-refractivity contribution in [2.75, 3.05) is 20.3 Å². The molecule has 7 nitrogen and oxygen atoms in total. The highest BCUT2D eigenvalue weighted by molar-refractivity contribution is 5.89. The molecule has 0 unspecified atom stereocenters. The topological polar surface area (TPSA) is 72.5 Å². The minimum Gasteiger partial charge on any atom is -0.450 e. The van der Waals surface area contributed by atoms with Gasteiger partial charge in [0.1, 0.15) is 18.3 Å². The molecule has 2 saturated heterocycles. The largest absolute Gasteiger partial charge is 0.450 e. The molecule has 2 aliphatic heterocycles. The van der Waals surface area contributed by atoms with Gasteiger partial charge in [-0.25, -0.2) is 4.79 Å². The van der Waals surface area contributed by atoms with E-state index in [-0.39, 0.29) is 13.2 Å². The number of rotatable bonds is 7. The summed E-state index contributed by atoms with van der Waals surface area (Å²) in [4.78, 5) is 12.8. The van der Waals surface area contributed by atoms with Gasteiger partial charge in [-0.05, 0) is 12.1 Å². The van der Waals surface area contributed by atoms with Crippen LogP contribution < -0.4 is 0 Å². The first kappa shape index (κ1) is 21.7. The predicted octanol–water partition coefficient (Wildman–Crippen LogP) is 3.27.